The average molecular weight is 201 g/mol. The van der Waals surface area contributed by atoms with E-state index in [-0.39, 0.29) is 5.56 Å². The first-order valence-electron chi connectivity index (χ1n) is 3.70. The van der Waals surface area contributed by atoms with E-state index < -0.39 is 10.9 Å². The van der Waals surface area contributed by atoms with E-state index >= 15 is 0 Å². The Bertz CT molecular complexity index is 336. The van der Waals surface area contributed by atoms with Gasteiger partial charge in [-0.2, -0.15) is 8.78 Å². The quantitative estimate of drug-likeness (QED) is 0.743. The molecule has 0 aliphatic heterocycles. The first-order chi connectivity index (χ1) is 5.96. The summed E-state index contributed by atoms with van der Waals surface area (Å²) in [6.07, 6.45) is 0. The van der Waals surface area contributed by atoms with E-state index in [0.29, 0.717) is 5.56 Å². The van der Waals surface area contributed by atoms with Crippen molar-refractivity contribution >= 4 is 17.2 Å². The molecule has 0 saturated heterocycles. The zero-order valence-corrected chi connectivity index (χ0v) is 7.87. The van der Waals surface area contributed by atoms with Crippen molar-refractivity contribution in [3.63, 3.8) is 0 Å². The maximum atomic E-state index is 13.3. The second-order valence-electron chi connectivity index (χ2n) is 2.75. The Kier molecular flexibility index (Phi) is 2.61. The minimum absolute atomic E-state index is 0.123. The highest BCUT2D eigenvalue weighted by Crippen LogP contribution is 2.30. The third kappa shape index (κ3) is 1.83. The molecule has 0 fully saturated rings. The number of thiocarbonyl (C=S) groups is 1. The minimum Gasteiger partial charge on any atom is -0.388 e. The fourth-order valence-electron chi connectivity index (χ4n) is 1.06. The minimum atomic E-state index is -3.21. The summed E-state index contributed by atoms with van der Waals surface area (Å²) in [4.78, 5) is -0.790. The molecule has 0 aliphatic rings. The molecule has 0 bridgehead atoms. The van der Waals surface area contributed by atoms with E-state index in [9.17, 15) is 8.78 Å². The molecule has 0 radical (unpaired) electrons. The summed E-state index contributed by atoms with van der Waals surface area (Å²) in [7, 11) is 0. The Hall–Kier alpha value is -1.03. The van der Waals surface area contributed by atoms with Crippen LogP contribution in [-0.2, 0) is 5.92 Å². The molecule has 0 saturated carbocycles. The average Bonchev–Trinajstić information content (AvgIpc) is 2.04. The van der Waals surface area contributed by atoms with Crippen LogP contribution in [0.4, 0.5) is 8.78 Å². The largest absolute Gasteiger partial charge is 0.388 e. The van der Waals surface area contributed by atoms with Crippen molar-refractivity contribution in [2.75, 3.05) is 0 Å². The van der Waals surface area contributed by atoms with Crippen LogP contribution in [0, 0.1) is 6.92 Å². The highest BCUT2D eigenvalue weighted by atomic mass is 32.1. The van der Waals surface area contributed by atoms with Crippen LogP contribution in [0.25, 0.3) is 0 Å². The van der Waals surface area contributed by atoms with Gasteiger partial charge in [0.1, 0.15) is 4.99 Å². The summed E-state index contributed by atoms with van der Waals surface area (Å²) >= 11 is 4.30. The lowest BCUT2D eigenvalue weighted by Gasteiger charge is -2.16. The first-order valence-corrected chi connectivity index (χ1v) is 4.11. The summed E-state index contributed by atoms with van der Waals surface area (Å²) in [5.41, 5.74) is 5.32. The van der Waals surface area contributed by atoms with Gasteiger partial charge in [0.25, 0.3) is 0 Å². The molecule has 4 heteroatoms. The first kappa shape index (κ1) is 10.1. The summed E-state index contributed by atoms with van der Waals surface area (Å²) in [5, 5.41) is 0. The Morgan fingerprint density at radius 2 is 1.92 bits per heavy atom. The van der Waals surface area contributed by atoms with Crippen LogP contribution in [0.2, 0.25) is 0 Å². The molecule has 0 atom stereocenters. The second-order valence-corrected chi connectivity index (χ2v) is 3.19. The molecule has 0 unspecified atom stereocenters. The van der Waals surface area contributed by atoms with E-state index in [0.717, 1.165) is 0 Å². The van der Waals surface area contributed by atoms with Crippen LogP contribution in [0.3, 0.4) is 0 Å². The van der Waals surface area contributed by atoms with Gasteiger partial charge in [0.2, 0.25) is 0 Å². The zero-order valence-electron chi connectivity index (χ0n) is 7.05. The summed E-state index contributed by atoms with van der Waals surface area (Å²) in [6.45, 7) is 1.60. The third-order valence-electron chi connectivity index (χ3n) is 1.79. The predicted octanol–water partition coefficient (Wildman–Crippen LogP) is 2.37. The van der Waals surface area contributed by atoms with E-state index in [4.69, 9.17) is 5.73 Å². The Balaban J connectivity index is 3.22. The third-order valence-corrected chi connectivity index (χ3v) is 2.05. The van der Waals surface area contributed by atoms with Gasteiger partial charge in [0.05, 0.1) is 0 Å². The van der Waals surface area contributed by atoms with Crippen LogP contribution in [0.15, 0.2) is 24.3 Å². The van der Waals surface area contributed by atoms with Gasteiger partial charge < -0.3 is 5.73 Å². The van der Waals surface area contributed by atoms with Crippen LogP contribution < -0.4 is 5.73 Å². The smallest absolute Gasteiger partial charge is 0.322 e. The van der Waals surface area contributed by atoms with Crippen molar-refractivity contribution in [1.29, 1.82) is 0 Å². The van der Waals surface area contributed by atoms with Gasteiger partial charge >= 0.3 is 5.92 Å². The Morgan fingerprint density at radius 1 is 1.38 bits per heavy atom. The van der Waals surface area contributed by atoms with Gasteiger partial charge in [-0.05, 0) is 12.5 Å². The summed E-state index contributed by atoms with van der Waals surface area (Å²) in [6, 6.07) is 6.15. The predicted molar refractivity (Wildman–Crippen MR) is 51.9 cm³/mol. The lowest BCUT2D eigenvalue weighted by atomic mass is 10.0. The maximum absolute atomic E-state index is 13.3. The number of hydrogen-bond acceptors (Lipinski definition) is 1. The number of alkyl halides is 2. The number of benzene rings is 1. The van der Waals surface area contributed by atoms with Crippen LogP contribution in [0.1, 0.15) is 11.1 Å². The lowest BCUT2D eigenvalue weighted by molar-refractivity contribution is 0.0768. The van der Waals surface area contributed by atoms with Gasteiger partial charge in [-0.15, -0.1) is 0 Å². The summed E-state index contributed by atoms with van der Waals surface area (Å²) < 4.78 is 26.5. The number of aryl methyl sites for hydroxylation is 1. The molecular weight excluding hydrogens is 192 g/mol. The van der Waals surface area contributed by atoms with Gasteiger partial charge in [0, 0.05) is 5.56 Å². The molecule has 1 aromatic carbocycles. The number of rotatable bonds is 2. The number of halogens is 2. The molecule has 1 rings (SSSR count). The Labute approximate surface area is 80.6 Å². The molecule has 1 nitrogen and oxygen atoms in total. The fraction of sp³-hybridized carbons (Fsp3) is 0.222. The fourth-order valence-corrected chi connectivity index (χ4v) is 1.17. The van der Waals surface area contributed by atoms with Crippen molar-refractivity contribution in [3.05, 3.63) is 35.4 Å². The highest BCUT2D eigenvalue weighted by Gasteiger charge is 2.36. The Morgan fingerprint density at radius 3 is 2.38 bits per heavy atom. The van der Waals surface area contributed by atoms with E-state index in [1.807, 2.05) is 0 Å². The zero-order chi connectivity index (χ0) is 10.1. The van der Waals surface area contributed by atoms with Crippen molar-refractivity contribution in [1.82, 2.24) is 0 Å². The van der Waals surface area contributed by atoms with Crippen molar-refractivity contribution in [3.8, 4) is 0 Å². The van der Waals surface area contributed by atoms with E-state index in [1.165, 1.54) is 12.1 Å². The monoisotopic (exact) mass is 201 g/mol. The molecule has 0 aliphatic carbocycles. The van der Waals surface area contributed by atoms with Gasteiger partial charge in [0.15, 0.2) is 0 Å². The molecule has 2 N–H and O–H groups in total. The molecular formula is C9H9F2NS. The highest BCUT2D eigenvalue weighted by molar-refractivity contribution is 7.80. The normalized spacial score (nSPS) is 11.3. The molecule has 13 heavy (non-hydrogen) atoms. The molecule has 0 amide bonds. The SMILES string of the molecule is Cc1ccccc1C(F)(F)C(N)=S. The van der Waals surface area contributed by atoms with Crippen LogP contribution >= 0.6 is 12.2 Å². The van der Waals surface area contributed by atoms with Gasteiger partial charge in [-0.1, -0.05) is 36.5 Å². The van der Waals surface area contributed by atoms with Gasteiger partial charge in [-0.3, -0.25) is 0 Å². The molecule has 1 aromatic rings. The van der Waals surface area contributed by atoms with E-state index in [1.54, 1.807) is 19.1 Å². The standard InChI is InChI=1S/C9H9F2NS/c1-6-4-2-3-5-7(6)9(10,11)8(12)13/h2-5H,1H3,(H2,12,13). The molecule has 0 spiro atoms. The maximum Gasteiger partial charge on any atom is 0.322 e. The lowest BCUT2D eigenvalue weighted by Crippen LogP contribution is -2.31. The molecule has 0 aromatic heterocycles. The molecule has 0 heterocycles. The topological polar surface area (TPSA) is 26.0 Å². The van der Waals surface area contributed by atoms with Gasteiger partial charge in [-0.25, -0.2) is 0 Å². The number of nitrogens with two attached hydrogens (primary N) is 1. The summed E-state index contributed by atoms with van der Waals surface area (Å²) in [5.74, 6) is -3.21. The molecule has 70 valence electrons. The van der Waals surface area contributed by atoms with Crippen molar-refractivity contribution in [2.45, 2.75) is 12.8 Å². The van der Waals surface area contributed by atoms with Crippen molar-refractivity contribution < 1.29 is 8.78 Å². The second kappa shape index (κ2) is 3.38. The van der Waals surface area contributed by atoms with Crippen molar-refractivity contribution in [2.24, 2.45) is 5.73 Å². The van der Waals surface area contributed by atoms with Crippen LogP contribution in [0.5, 0.6) is 0 Å². The van der Waals surface area contributed by atoms with E-state index in [2.05, 4.69) is 12.2 Å². The van der Waals surface area contributed by atoms with Crippen LogP contribution in [-0.4, -0.2) is 4.99 Å². The number of hydrogen-bond donors (Lipinski definition) is 1.